The maximum atomic E-state index is 13.3. The molecule has 0 spiro atoms. The molecule has 2 aliphatic rings. The molecule has 0 saturated carbocycles. The van der Waals surface area contributed by atoms with E-state index in [1.165, 1.54) is 32.8 Å². The Balaban J connectivity index is 1.39. The van der Waals surface area contributed by atoms with Gasteiger partial charge in [-0.2, -0.15) is 0 Å². The van der Waals surface area contributed by atoms with Crippen LogP contribution in [0.5, 0.6) is 0 Å². The van der Waals surface area contributed by atoms with Crippen LogP contribution in [0.25, 0.3) is 5.57 Å². The molecular formula is C38H42N2O2. The van der Waals surface area contributed by atoms with Crippen molar-refractivity contribution >= 4 is 28.4 Å². The fraction of sp³-hybridized carbons (Fsp3) is 0.289. The van der Waals surface area contributed by atoms with Crippen molar-refractivity contribution in [1.29, 1.82) is 0 Å². The molecule has 1 N–H and O–H groups in total. The number of carbonyl (C=O) groups excluding carboxylic acids is 1. The number of quaternary nitrogens is 1. The number of nitrogens with one attached hydrogen (secondary N) is 1. The van der Waals surface area contributed by atoms with Crippen molar-refractivity contribution in [2.45, 2.75) is 73.5 Å². The molecule has 0 aliphatic heterocycles. The molecule has 4 heteroatoms. The van der Waals surface area contributed by atoms with E-state index in [0.29, 0.717) is 17.2 Å². The normalized spacial score (nSPS) is 17.4. The predicted molar refractivity (Wildman–Crippen MR) is 172 cm³/mol. The Bertz CT molecular complexity index is 1630. The van der Waals surface area contributed by atoms with Gasteiger partial charge in [0.25, 0.3) is 0 Å². The van der Waals surface area contributed by atoms with Crippen LogP contribution in [-0.2, 0) is 4.79 Å². The lowest BCUT2D eigenvalue weighted by molar-refractivity contribution is -0.869. The van der Waals surface area contributed by atoms with Crippen molar-refractivity contribution in [3.8, 4) is 0 Å². The van der Waals surface area contributed by atoms with Crippen molar-refractivity contribution in [3.63, 3.8) is 0 Å². The number of hydrogen-bond donors (Lipinski definition) is 1. The van der Waals surface area contributed by atoms with Gasteiger partial charge in [0.05, 0.1) is 6.04 Å². The van der Waals surface area contributed by atoms with Crippen LogP contribution in [0.1, 0.15) is 55.5 Å². The molecule has 1 atom stereocenters. The van der Waals surface area contributed by atoms with Crippen LogP contribution in [0, 0.1) is 27.7 Å². The van der Waals surface area contributed by atoms with Crippen molar-refractivity contribution in [2.75, 3.05) is 4.90 Å². The lowest BCUT2D eigenvalue weighted by atomic mass is 9.80. The molecular weight excluding hydrogens is 516 g/mol. The van der Waals surface area contributed by atoms with E-state index in [2.05, 4.69) is 109 Å². The van der Waals surface area contributed by atoms with E-state index in [1.54, 1.807) is 0 Å². The van der Waals surface area contributed by atoms with Crippen LogP contribution in [0.2, 0.25) is 0 Å². The highest BCUT2D eigenvalue weighted by atomic mass is 16.3. The van der Waals surface area contributed by atoms with Gasteiger partial charge in [-0.15, -0.1) is 0 Å². The number of ketones is 1. The largest absolute Gasteiger partial charge is 0.871 e. The number of benzene rings is 3. The summed E-state index contributed by atoms with van der Waals surface area (Å²) in [5.74, 6) is -0.346. The lowest BCUT2D eigenvalue weighted by Gasteiger charge is -2.34. The van der Waals surface area contributed by atoms with Crippen molar-refractivity contribution in [3.05, 3.63) is 130 Å². The molecule has 1 unspecified atom stereocenters. The van der Waals surface area contributed by atoms with E-state index in [0.717, 1.165) is 11.4 Å². The van der Waals surface area contributed by atoms with Crippen LogP contribution < -0.4 is 14.9 Å². The SMILES string of the molecule is Cc1ccc(N(c2ccc(C3=C([O-])C(=C4C=CC([NH+](c5ccc(C)cc5C)C(C)C)C=C4)C3=O)cc2)C(C)C)c(C)c1. The summed E-state index contributed by atoms with van der Waals surface area (Å²) >= 11 is 0. The molecule has 0 heterocycles. The summed E-state index contributed by atoms with van der Waals surface area (Å²) in [6.45, 7) is 17.3. The van der Waals surface area contributed by atoms with Gasteiger partial charge in [-0.25, -0.2) is 0 Å². The highest BCUT2D eigenvalue weighted by molar-refractivity contribution is 6.39. The minimum Gasteiger partial charge on any atom is -0.871 e. The molecule has 0 bridgehead atoms. The van der Waals surface area contributed by atoms with Gasteiger partial charge in [0.2, 0.25) is 0 Å². The van der Waals surface area contributed by atoms with Gasteiger partial charge in [0, 0.05) is 34.1 Å². The molecule has 3 aromatic carbocycles. The first kappa shape index (κ1) is 29.3. The van der Waals surface area contributed by atoms with Gasteiger partial charge in [0.1, 0.15) is 11.7 Å². The van der Waals surface area contributed by atoms with E-state index in [9.17, 15) is 9.90 Å². The standard InChI is InChI=1S/C38H42N2O2/c1-23(2)39(33-19-9-25(5)21-27(33)7)31-15-11-29(12-16-31)35-37(41)36(38(35)42)30-13-17-32(18-14-30)40(24(3)4)34-20-10-26(6)22-28(34)8/h9-24,31,41H,1-8H3. The monoisotopic (exact) mass is 558 g/mol. The van der Waals surface area contributed by atoms with Crippen LogP contribution in [-0.4, -0.2) is 23.9 Å². The fourth-order valence-electron chi connectivity index (χ4n) is 6.42. The molecule has 0 radical (unpaired) electrons. The second-order valence-corrected chi connectivity index (χ2v) is 12.3. The minimum atomic E-state index is -0.173. The van der Waals surface area contributed by atoms with Crippen molar-refractivity contribution in [1.82, 2.24) is 0 Å². The summed E-state index contributed by atoms with van der Waals surface area (Å²) in [7, 11) is 0. The first-order chi connectivity index (χ1) is 20.0. The minimum absolute atomic E-state index is 0.123. The van der Waals surface area contributed by atoms with Gasteiger partial charge in [0.15, 0.2) is 5.78 Å². The molecule has 2 aliphatic carbocycles. The lowest BCUT2D eigenvalue weighted by Crippen LogP contribution is -3.14. The Kier molecular flexibility index (Phi) is 8.12. The summed E-state index contributed by atoms with van der Waals surface area (Å²) in [5, 5.41) is 13.3. The van der Waals surface area contributed by atoms with Gasteiger partial charge in [-0.1, -0.05) is 65.4 Å². The number of aryl methyl sites for hydroxylation is 4. The van der Waals surface area contributed by atoms with Crippen LogP contribution in [0.3, 0.4) is 0 Å². The summed E-state index contributed by atoms with van der Waals surface area (Å²) < 4.78 is 0. The Labute approximate surface area is 251 Å². The predicted octanol–water partition coefficient (Wildman–Crippen LogP) is 6.54. The average molecular weight is 559 g/mol. The summed E-state index contributed by atoms with van der Waals surface area (Å²) in [4.78, 5) is 17.0. The van der Waals surface area contributed by atoms with Gasteiger partial charge in [-0.05, 0) is 109 Å². The topological polar surface area (TPSA) is 47.8 Å². The Morgan fingerprint density at radius 2 is 1.36 bits per heavy atom. The number of anilines is 2. The molecule has 42 heavy (non-hydrogen) atoms. The maximum Gasteiger partial charge on any atom is 0.193 e. The summed E-state index contributed by atoms with van der Waals surface area (Å²) in [6, 6.07) is 21.6. The first-order valence-corrected chi connectivity index (χ1v) is 15.0. The number of carbonyl (C=O) groups is 1. The Morgan fingerprint density at radius 1 is 0.762 bits per heavy atom. The summed E-state index contributed by atoms with van der Waals surface area (Å²) in [5.41, 5.74) is 10.4. The van der Waals surface area contributed by atoms with E-state index < -0.39 is 0 Å². The van der Waals surface area contributed by atoms with Gasteiger partial charge in [-0.3, -0.25) is 9.69 Å². The van der Waals surface area contributed by atoms with Crippen LogP contribution in [0.4, 0.5) is 17.1 Å². The Hall–Kier alpha value is -4.15. The molecule has 4 nitrogen and oxygen atoms in total. The van der Waals surface area contributed by atoms with Crippen LogP contribution >= 0.6 is 0 Å². The molecule has 216 valence electrons. The molecule has 5 rings (SSSR count). The van der Waals surface area contributed by atoms with Crippen molar-refractivity contribution < 1.29 is 14.8 Å². The fourth-order valence-corrected chi connectivity index (χ4v) is 6.42. The molecule has 0 saturated heterocycles. The smallest absolute Gasteiger partial charge is 0.193 e. The maximum absolute atomic E-state index is 13.3. The third-order valence-corrected chi connectivity index (χ3v) is 8.40. The second kappa shape index (κ2) is 11.6. The molecule has 0 fully saturated rings. The highest BCUT2D eigenvalue weighted by Crippen LogP contribution is 2.39. The molecule has 3 aromatic rings. The third kappa shape index (κ3) is 5.39. The van der Waals surface area contributed by atoms with E-state index in [-0.39, 0.29) is 34.8 Å². The van der Waals surface area contributed by atoms with E-state index in [4.69, 9.17) is 0 Å². The van der Waals surface area contributed by atoms with Gasteiger partial charge >= 0.3 is 0 Å². The van der Waals surface area contributed by atoms with Crippen molar-refractivity contribution in [2.24, 2.45) is 0 Å². The van der Waals surface area contributed by atoms with Gasteiger partial charge < -0.3 is 10.0 Å². The zero-order valence-corrected chi connectivity index (χ0v) is 26.1. The van der Waals surface area contributed by atoms with E-state index >= 15 is 0 Å². The van der Waals surface area contributed by atoms with E-state index in [1.807, 2.05) is 36.4 Å². The number of nitrogens with zero attached hydrogens (tertiary/aromatic N) is 1. The highest BCUT2D eigenvalue weighted by Gasteiger charge is 2.32. The number of allylic oxidation sites excluding steroid dienone is 5. The number of hydrogen-bond acceptors (Lipinski definition) is 3. The summed E-state index contributed by atoms with van der Waals surface area (Å²) in [6.07, 6.45) is 8.15. The third-order valence-electron chi connectivity index (χ3n) is 8.40. The first-order valence-electron chi connectivity index (χ1n) is 15.0. The number of Topliss-reactive ketones (excluding diaryl/α,β-unsaturated/α-hetero) is 1. The number of rotatable bonds is 7. The molecule has 0 aromatic heterocycles. The molecule has 0 amide bonds. The van der Waals surface area contributed by atoms with Crippen LogP contribution in [0.15, 0.2) is 102 Å². The quantitative estimate of drug-likeness (QED) is 0.335. The zero-order valence-electron chi connectivity index (χ0n) is 26.1. The zero-order chi connectivity index (χ0) is 30.3. The Morgan fingerprint density at radius 3 is 1.88 bits per heavy atom. The second-order valence-electron chi connectivity index (χ2n) is 12.3. The average Bonchev–Trinajstić information content (AvgIpc) is 2.93.